The second-order valence-electron chi connectivity index (χ2n) is 8.03. The maximum atomic E-state index is 13.5. The molecule has 3 aromatic rings. The van der Waals surface area contributed by atoms with Gasteiger partial charge in [-0.1, -0.05) is 73.0 Å². The summed E-state index contributed by atoms with van der Waals surface area (Å²) < 4.78 is 0. The molecule has 1 atom stereocenters. The van der Waals surface area contributed by atoms with Crippen molar-refractivity contribution in [2.24, 2.45) is 0 Å². The molecule has 1 saturated carbocycles. The van der Waals surface area contributed by atoms with E-state index in [2.05, 4.69) is 41.4 Å². The summed E-state index contributed by atoms with van der Waals surface area (Å²) in [4.78, 5) is 20.1. The van der Waals surface area contributed by atoms with Crippen LogP contribution in [0.5, 0.6) is 0 Å². The van der Waals surface area contributed by atoms with Gasteiger partial charge in [-0.05, 0) is 44.6 Å². The average molecular weight is 408 g/mol. The molecule has 0 bridgehead atoms. The van der Waals surface area contributed by atoms with E-state index in [1.807, 2.05) is 42.5 Å². The van der Waals surface area contributed by atoms with E-state index < -0.39 is 0 Å². The standard InChI is InChI=1S/C24H26ClN3O/c1-28(2)24(14-8-9-15-24)22(17-10-4-3-5-11-17)27-23(29)19-16-21(25)26-20-13-7-6-12-18(19)20/h3-7,10-13,16,22H,8-9,14-15H2,1-2H3,(H,27,29). The molecule has 0 spiro atoms. The number of carbonyl (C=O) groups is 1. The lowest BCUT2D eigenvalue weighted by molar-refractivity contribution is 0.0767. The van der Waals surface area contributed by atoms with Crippen molar-refractivity contribution in [1.29, 1.82) is 0 Å². The summed E-state index contributed by atoms with van der Waals surface area (Å²) in [5.41, 5.74) is 2.31. The first-order chi connectivity index (χ1) is 14.0. The van der Waals surface area contributed by atoms with Crippen LogP contribution >= 0.6 is 11.6 Å². The normalized spacial score (nSPS) is 16.8. The highest BCUT2D eigenvalue weighted by atomic mass is 35.5. The van der Waals surface area contributed by atoms with Gasteiger partial charge in [0.05, 0.1) is 17.1 Å². The molecule has 0 radical (unpaired) electrons. The predicted octanol–water partition coefficient (Wildman–Crippen LogP) is 5.23. The Balaban J connectivity index is 1.77. The summed E-state index contributed by atoms with van der Waals surface area (Å²) in [7, 11) is 4.23. The Morgan fingerprint density at radius 3 is 2.41 bits per heavy atom. The number of rotatable bonds is 5. The highest BCUT2D eigenvalue weighted by Crippen LogP contribution is 2.43. The van der Waals surface area contributed by atoms with Crippen LogP contribution in [0.1, 0.15) is 47.6 Å². The highest BCUT2D eigenvalue weighted by molar-refractivity contribution is 6.30. The zero-order valence-electron chi connectivity index (χ0n) is 16.9. The minimum atomic E-state index is -0.118. The van der Waals surface area contributed by atoms with Crippen LogP contribution < -0.4 is 5.32 Å². The lowest BCUT2D eigenvalue weighted by Gasteiger charge is -2.44. The number of hydrogen-bond acceptors (Lipinski definition) is 3. The Morgan fingerprint density at radius 2 is 1.72 bits per heavy atom. The number of halogens is 1. The molecular formula is C24H26ClN3O. The van der Waals surface area contributed by atoms with Crippen LogP contribution in [0.2, 0.25) is 5.15 Å². The Morgan fingerprint density at radius 1 is 1.07 bits per heavy atom. The fraction of sp³-hybridized carbons (Fsp3) is 0.333. The number of pyridine rings is 1. The first-order valence-corrected chi connectivity index (χ1v) is 10.5. The van der Waals surface area contributed by atoms with E-state index in [0.29, 0.717) is 10.7 Å². The molecular weight excluding hydrogens is 382 g/mol. The summed E-state index contributed by atoms with van der Waals surface area (Å²) in [6.45, 7) is 0. The van der Waals surface area contributed by atoms with Crippen LogP contribution in [0, 0.1) is 0 Å². The molecule has 1 N–H and O–H groups in total. The van der Waals surface area contributed by atoms with Crippen molar-refractivity contribution in [2.75, 3.05) is 14.1 Å². The number of nitrogens with one attached hydrogen (secondary N) is 1. The molecule has 1 aromatic heterocycles. The molecule has 5 heteroatoms. The van der Waals surface area contributed by atoms with Crippen molar-refractivity contribution in [3.63, 3.8) is 0 Å². The number of amides is 1. The molecule has 29 heavy (non-hydrogen) atoms. The number of benzene rings is 2. The summed E-state index contributed by atoms with van der Waals surface area (Å²) >= 11 is 6.23. The number of aromatic nitrogens is 1. The van der Waals surface area contributed by atoms with E-state index in [1.165, 1.54) is 12.8 Å². The molecule has 1 fully saturated rings. The van der Waals surface area contributed by atoms with Gasteiger partial charge in [-0.3, -0.25) is 4.79 Å². The van der Waals surface area contributed by atoms with Crippen molar-refractivity contribution in [2.45, 2.75) is 37.3 Å². The number of fused-ring (bicyclic) bond motifs is 1. The van der Waals surface area contributed by atoms with E-state index >= 15 is 0 Å². The van der Waals surface area contributed by atoms with E-state index in [9.17, 15) is 4.79 Å². The fourth-order valence-corrected chi connectivity index (χ4v) is 4.89. The topological polar surface area (TPSA) is 45.2 Å². The van der Waals surface area contributed by atoms with Crippen LogP contribution in [0.4, 0.5) is 0 Å². The average Bonchev–Trinajstić information content (AvgIpc) is 3.23. The van der Waals surface area contributed by atoms with E-state index in [-0.39, 0.29) is 17.5 Å². The summed E-state index contributed by atoms with van der Waals surface area (Å²) in [6.07, 6.45) is 4.44. The Bertz CT molecular complexity index is 1010. The maximum Gasteiger partial charge on any atom is 0.252 e. The minimum absolute atomic E-state index is 0.107. The predicted molar refractivity (Wildman–Crippen MR) is 118 cm³/mol. The SMILES string of the molecule is CN(C)C1(C(NC(=O)c2cc(Cl)nc3ccccc23)c2ccccc2)CCCC1. The van der Waals surface area contributed by atoms with Gasteiger partial charge >= 0.3 is 0 Å². The molecule has 1 aliphatic carbocycles. The lowest BCUT2D eigenvalue weighted by atomic mass is 9.82. The largest absolute Gasteiger partial charge is 0.343 e. The van der Waals surface area contributed by atoms with Gasteiger partial charge in [0.2, 0.25) is 0 Å². The van der Waals surface area contributed by atoms with Crippen molar-refractivity contribution in [1.82, 2.24) is 15.2 Å². The van der Waals surface area contributed by atoms with Crippen molar-refractivity contribution < 1.29 is 4.79 Å². The summed E-state index contributed by atoms with van der Waals surface area (Å²) in [6, 6.07) is 19.5. The summed E-state index contributed by atoms with van der Waals surface area (Å²) in [5, 5.41) is 4.50. The zero-order valence-corrected chi connectivity index (χ0v) is 17.6. The molecule has 2 aromatic carbocycles. The van der Waals surface area contributed by atoms with Gasteiger partial charge in [0, 0.05) is 10.9 Å². The van der Waals surface area contributed by atoms with Crippen LogP contribution in [0.15, 0.2) is 60.7 Å². The van der Waals surface area contributed by atoms with E-state index in [0.717, 1.165) is 29.3 Å². The van der Waals surface area contributed by atoms with E-state index in [1.54, 1.807) is 6.07 Å². The van der Waals surface area contributed by atoms with Crippen LogP contribution in [-0.4, -0.2) is 35.4 Å². The molecule has 1 amide bonds. The quantitative estimate of drug-likeness (QED) is 0.588. The Hall–Kier alpha value is -2.43. The van der Waals surface area contributed by atoms with Gasteiger partial charge in [0.1, 0.15) is 5.15 Å². The Labute approximate surface area is 176 Å². The second-order valence-corrected chi connectivity index (χ2v) is 8.42. The van der Waals surface area contributed by atoms with Crippen molar-refractivity contribution >= 4 is 28.4 Å². The minimum Gasteiger partial charge on any atom is -0.343 e. The molecule has 4 rings (SSSR count). The highest BCUT2D eigenvalue weighted by Gasteiger charge is 2.44. The van der Waals surface area contributed by atoms with Gasteiger partial charge in [0.25, 0.3) is 5.91 Å². The van der Waals surface area contributed by atoms with Gasteiger partial charge in [-0.25, -0.2) is 4.98 Å². The molecule has 1 aliphatic rings. The lowest BCUT2D eigenvalue weighted by Crippen LogP contribution is -2.53. The van der Waals surface area contributed by atoms with E-state index in [4.69, 9.17) is 11.6 Å². The second kappa shape index (κ2) is 8.13. The number of nitrogens with zero attached hydrogens (tertiary/aromatic N) is 2. The number of hydrogen-bond donors (Lipinski definition) is 1. The number of carbonyl (C=O) groups excluding carboxylic acids is 1. The van der Waals surface area contributed by atoms with Crippen molar-refractivity contribution in [3.8, 4) is 0 Å². The maximum absolute atomic E-state index is 13.5. The number of likely N-dealkylation sites (N-methyl/N-ethyl adjacent to an activating group) is 1. The Kier molecular flexibility index (Phi) is 5.57. The summed E-state index contributed by atoms with van der Waals surface area (Å²) in [5.74, 6) is -0.118. The first kappa shape index (κ1) is 19.9. The van der Waals surface area contributed by atoms with Crippen molar-refractivity contribution in [3.05, 3.63) is 76.9 Å². The molecule has 0 aliphatic heterocycles. The third-order valence-corrected chi connectivity index (χ3v) is 6.43. The zero-order chi connectivity index (χ0) is 20.4. The third kappa shape index (κ3) is 3.75. The van der Waals surface area contributed by atoms with Gasteiger partial charge in [-0.2, -0.15) is 0 Å². The number of para-hydroxylation sites is 1. The third-order valence-electron chi connectivity index (χ3n) is 6.24. The fourth-order valence-electron chi connectivity index (χ4n) is 4.69. The molecule has 150 valence electrons. The monoisotopic (exact) mass is 407 g/mol. The smallest absolute Gasteiger partial charge is 0.252 e. The van der Waals surface area contributed by atoms with Crippen LogP contribution in [-0.2, 0) is 0 Å². The first-order valence-electron chi connectivity index (χ1n) is 10.1. The molecule has 4 nitrogen and oxygen atoms in total. The van der Waals surface area contributed by atoms with Gasteiger partial charge in [-0.15, -0.1) is 0 Å². The van der Waals surface area contributed by atoms with Gasteiger partial charge < -0.3 is 10.2 Å². The van der Waals surface area contributed by atoms with Crippen LogP contribution in [0.3, 0.4) is 0 Å². The molecule has 1 heterocycles. The van der Waals surface area contributed by atoms with Crippen LogP contribution in [0.25, 0.3) is 10.9 Å². The molecule has 0 saturated heterocycles. The molecule has 1 unspecified atom stereocenters. The van der Waals surface area contributed by atoms with Gasteiger partial charge in [0.15, 0.2) is 0 Å².